The van der Waals surface area contributed by atoms with Crippen molar-refractivity contribution in [3.63, 3.8) is 0 Å². The summed E-state index contributed by atoms with van der Waals surface area (Å²) in [6.45, 7) is 7.72. The molecule has 1 aliphatic rings. The van der Waals surface area contributed by atoms with E-state index in [1.54, 1.807) is 25.6 Å². The van der Waals surface area contributed by atoms with E-state index in [-0.39, 0.29) is 23.7 Å². The first-order valence-electron chi connectivity index (χ1n) is 10.9. The fourth-order valence-electron chi connectivity index (χ4n) is 3.61. The topological polar surface area (TPSA) is 142 Å². The second kappa shape index (κ2) is 12.9. The Morgan fingerprint density at radius 2 is 1.81 bits per heavy atom. The lowest BCUT2D eigenvalue weighted by atomic mass is 10.0. The zero-order chi connectivity index (χ0) is 23.7. The third-order valence-electron chi connectivity index (χ3n) is 5.36. The molecule has 0 aliphatic carbocycles. The maximum absolute atomic E-state index is 13.3. The van der Waals surface area contributed by atoms with E-state index in [2.05, 4.69) is 10.6 Å². The lowest BCUT2D eigenvalue weighted by Gasteiger charge is -2.31. The first-order chi connectivity index (χ1) is 14.5. The molecule has 0 aromatic rings. The Balaban J connectivity index is 2.93. The molecule has 1 fully saturated rings. The van der Waals surface area contributed by atoms with Crippen LogP contribution in [0.15, 0.2) is 0 Å². The van der Waals surface area contributed by atoms with Crippen molar-refractivity contribution >= 4 is 35.5 Å². The molecule has 0 aromatic heterocycles. The van der Waals surface area contributed by atoms with Crippen LogP contribution in [0, 0.1) is 11.8 Å². The second-order valence-corrected chi connectivity index (χ2v) is 9.82. The summed E-state index contributed by atoms with van der Waals surface area (Å²) in [5.74, 6) is -1.69. The highest BCUT2D eigenvalue weighted by molar-refractivity contribution is 7.98. The summed E-state index contributed by atoms with van der Waals surface area (Å²) in [5.41, 5.74) is 5.95. The standard InChI is InChI=1S/C21H38N4O5S/c1-12(2)11-15(23-18(26)14(22)8-10-31-5)20(28)25-9-6-7-16(25)19(27)24-17(13(3)4)21(29)30/h12-17H,6-11,22H2,1-5H3,(H,23,26)(H,24,27)(H,29,30). The van der Waals surface area contributed by atoms with Crippen molar-refractivity contribution in [2.24, 2.45) is 17.6 Å². The molecule has 0 radical (unpaired) electrons. The highest BCUT2D eigenvalue weighted by atomic mass is 32.2. The molecule has 1 aliphatic heterocycles. The highest BCUT2D eigenvalue weighted by Crippen LogP contribution is 2.21. The van der Waals surface area contributed by atoms with Crippen LogP contribution in [0.25, 0.3) is 0 Å². The van der Waals surface area contributed by atoms with E-state index in [0.29, 0.717) is 32.2 Å². The van der Waals surface area contributed by atoms with Gasteiger partial charge in [-0.1, -0.05) is 27.7 Å². The van der Waals surface area contributed by atoms with E-state index < -0.39 is 36.0 Å². The quantitative estimate of drug-likeness (QED) is 0.339. The summed E-state index contributed by atoms with van der Waals surface area (Å²) >= 11 is 1.59. The number of likely N-dealkylation sites (tertiary alicyclic amines) is 1. The van der Waals surface area contributed by atoms with E-state index in [4.69, 9.17) is 5.73 Å². The SMILES string of the molecule is CSCCC(N)C(=O)NC(CC(C)C)C(=O)N1CCCC1C(=O)NC(C(=O)O)C(C)C. The van der Waals surface area contributed by atoms with Gasteiger partial charge in [-0.15, -0.1) is 0 Å². The largest absolute Gasteiger partial charge is 0.480 e. The van der Waals surface area contributed by atoms with Crippen LogP contribution in [0.4, 0.5) is 0 Å². The summed E-state index contributed by atoms with van der Waals surface area (Å²) < 4.78 is 0. The summed E-state index contributed by atoms with van der Waals surface area (Å²) in [6, 6.07) is -3.24. The van der Waals surface area contributed by atoms with Crippen molar-refractivity contribution in [2.45, 2.75) is 77.5 Å². The molecule has 31 heavy (non-hydrogen) atoms. The molecule has 4 atom stereocenters. The molecule has 0 bridgehead atoms. The molecule has 0 saturated carbocycles. The number of nitrogens with one attached hydrogen (secondary N) is 2. The number of nitrogens with two attached hydrogens (primary N) is 1. The monoisotopic (exact) mass is 458 g/mol. The third-order valence-corrected chi connectivity index (χ3v) is 6.00. The molecule has 0 aromatic carbocycles. The number of nitrogens with zero attached hydrogens (tertiary/aromatic N) is 1. The molecule has 10 heteroatoms. The van der Waals surface area contributed by atoms with E-state index >= 15 is 0 Å². The van der Waals surface area contributed by atoms with Crippen molar-refractivity contribution in [1.29, 1.82) is 0 Å². The average molecular weight is 459 g/mol. The van der Waals surface area contributed by atoms with Crippen LogP contribution in [0.1, 0.15) is 53.4 Å². The highest BCUT2D eigenvalue weighted by Gasteiger charge is 2.39. The Kier molecular flexibility index (Phi) is 11.3. The first kappa shape index (κ1) is 27.2. The van der Waals surface area contributed by atoms with Crippen LogP contribution in [0.3, 0.4) is 0 Å². The number of amides is 3. The number of hydrogen-bond acceptors (Lipinski definition) is 6. The molecule has 178 valence electrons. The van der Waals surface area contributed by atoms with Crippen molar-refractivity contribution in [1.82, 2.24) is 15.5 Å². The summed E-state index contributed by atoms with van der Waals surface area (Å²) in [6.07, 6.45) is 3.96. The zero-order valence-electron chi connectivity index (χ0n) is 19.2. The van der Waals surface area contributed by atoms with Gasteiger partial charge in [-0.3, -0.25) is 14.4 Å². The van der Waals surface area contributed by atoms with Crippen LogP contribution >= 0.6 is 11.8 Å². The Labute approximate surface area is 189 Å². The van der Waals surface area contributed by atoms with Crippen molar-refractivity contribution < 1.29 is 24.3 Å². The first-order valence-corrected chi connectivity index (χ1v) is 12.3. The normalized spacial score (nSPS) is 19.2. The Morgan fingerprint density at radius 3 is 2.32 bits per heavy atom. The number of thioether (sulfide) groups is 1. The van der Waals surface area contributed by atoms with E-state index in [0.717, 1.165) is 5.75 Å². The number of carboxylic acid groups (broad SMARTS) is 1. The molecule has 9 nitrogen and oxygen atoms in total. The van der Waals surface area contributed by atoms with Crippen molar-refractivity contribution in [2.75, 3.05) is 18.6 Å². The minimum atomic E-state index is -1.11. The zero-order valence-corrected chi connectivity index (χ0v) is 20.0. The maximum atomic E-state index is 13.3. The summed E-state index contributed by atoms with van der Waals surface area (Å²) in [7, 11) is 0. The number of hydrogen-bond donors (Lipinski definition) is 4. The van der Waals surface area contributed by atoms with E-state index in [1.807, 2.05) is 20.1 Å². The molecule has 1 heterocycles. The van der Waals surface area contributed by atoms with Gasteiger partial charge in [0.1, 0.15) is 18.1 Å². The van der Waals surface area contributed by atoms with Gasteiger partial charge in [-0.2, -0.15) is 11.8 Å². The molecule has 1 saturated heterocycles. The van der Waals surface area contributed by atoms with Crippen LogP contribution in [0.2, 0.25) is 0 Å². The third kappa shape index (κ3) is 8.33. The van der Waals surface area contributed by atoms with Gasteiger partial charge in [0.2, 0.25) is 17.7 Å². The number of carbonyl (C=O) groups is 4. The number of carbonyl (C=O) groups excluding carboxylic acids is 3. The molecule has 5 N–H and O–H groups in total. The number of aliphatic carboxylic acids is 1. The van der Waals surface area contributed by atoms with Gasteiger partial charge in [0, 0.05) is 6.54 Å². The van der Waals surface area contributed by atoms with Gasteiger partial charge in [0.25, 0.3) is 0 Å². The Hall–Kier alpha value is -1.81. The molecular formula is C21H38N4O5S. The lowest BCUT2D eigenvalue weighted by Crippen LogP contribution is -2.57. The number of rotatable bonds is 12. The van der Waals surface area contributed by atoms with Gasteiger partial charge in [-0.05, 0) is 49.5 Å². The predicted octanol–water partition coefficient (Wildman–Crippen LogP) is 0.814. The van der Waals surface area contributed by atoms with Gasteiger partial charge in [-0.25, -0.2) is 4.79 Å². The van der Waals surface area contributed by atoms with Gasteiger partial charge < -0.3 is 26.4 Å². The number of carboxylic acids is 1. The van der Waals surface area contributed by atoms with E-state index in [1.165, 1.54) is 4.90 Å². The molecule has 3 amide bonds. The smallest absolute Gasteiger partial charge is 0.326 e. The van der Waals surface area contributed by atoms with Crippen LogP contribution < -0.4 is 16.4 Å². The minimum Gasteiger partial charge on any atom is -0.480 e. The van der Waals surface area contributed by atoms with E-state index in [9.17, 15) is 24.3 Å². The fourth-order valence-corrected chi connectivity index (χ4v) is 4.10. The summed E-state index contributed by atoms with van der Waals surface area (Å²) in [4.78, 5) is 51.5. The van der Waals surface area contributed by atoms with Crippen LogP contribution in [-0.2, 0) is 19.2 Å². The molecule has 1 rings (SSSR count). The average Bonchev–Trinajstić information content (AvgIpc) is 3.17. The summed E-state index contributed by atoms with van der Waals surface area (Å²) in [5, 5.41) is 14.7. The van der Waals surface area contributed by atoms with Gasteiger partial charge in [0.05, 0.1) is 6.04 Å². The van der Waals surface area contributed by atoms with Crippen molar-refractivity contribution in [3.8, 4) is 0 Å². The Morgan fingerprint density at radius 1 is 1.16 bits per heavy atom. The van der Waals surface area contributed by atoms with Crippen LogP contribution in [0.5, 0.6) is 0 Å². The minimum absolute atomic E-state index is 0.142. The lowest BCUT2D eigenvalue weighted by molar-refractivity contribution is -0.146. The maximum Gasteiger partial charge on any atom is 0.326 e. The Bertz CT molecular complexity index is 643. The molecule has 4 unspecified atom stereocenters. The molecule has 0 spiro atoms. The van der Waals surface area contributed by atoms with Crippen LogP contribution in [-0.4, -0.2) is 76.4 Å². The molecular weight excluding hydrogens is 420 g/mol. The fraction of sp³-hybridized carbons (Fsp3) is 0.810. The van der Waals surface area contributed by atoms with Gasteiger partial charge in [0.15, 0.2) is 0 Å². The second-order valence-electron chi connectivity index (χ2n) is 8.84. The van der Waals surface area contributed by atoms with Gasteiger partial charge >= 0.3 is 5.97 Å². The van der Waals surface area contributed by atoms with Crippen molar-refractivity contribution in [3.05, 3.63) is 0 Å². The predicted molar refractivity (Wildman–Crippen MR) is 121 cm³/mol.